The summed E-state index contributed by atoms with van der Waals surface area (Å²) in [5.41, 5.74) is 3.78. The maximum absolute atomic E-state index is 12.1. The number of piperidine rings is 4. The fourth-order valence-electron chi connectivity index (χ4n) is 9.60. The number of aliphatic hydroxyl groups excluding tert-OH is 2. The third-order valence-corrected chi connectivity index (χ3v) is 10.4. The molecule has 10 atom stereocenters. The number of rotatable bonds is 3. The number of anilines is 1. The van der Waals surface area contributed by atoms with Crippen LogP contribution in [0.25, 0.3) is 0 Å². The summed E-state index contributed by atoms with van der Waals surface area (Å²) in [4.78, 5) is 2.47. The monoisotopic (exact) mass is 417 g/mol. The van der Waals surface area contributed by atoms with Crippen molar-refractivity contribution in [2.45, 2.75) is 68.6 Å². The van der Waals surface area contributed by atoms with Gasteiger partial charge in [0.15, 0.2) is 6.23 Å². The van der Waals surface area contributed by atoms with Crippen LogP contribution in [-0.4, -0.2) is 52.2 Å². The Balaban J connectivity index is 1.47. The molecule has 2 N–H and O–H groups in total. The largest absolute Gasteiger partial charge is 0.392 e. The second-order valence-electron chi connectivity index (χ2n) is 11.0. The molecule has 4 saturated heterocycles. The van der Waals surface area contributed by atoms with Crippen LogP contribution in [0.1, 0.15) is 37.3 Å². The van der Waals surface area contributed by atoms with Gasteiger partial charge in [0.2, 0.25) is 0 Å². The summed E-state index contributed by atoms with van der Waals surface area (Å²) >= 11 is 0. The Morgan fingerprint density at radius 3 is 2.55 bits per heavy atom. The Kier molecular flexibility index (Phi) is 3.56. The molecule has 6 aliphatic rings. The number of hydrogen-bond donors (Lipinski definition) is 2. The van der Waals surface area contributed by atoms with Crippen molar-refractivity contribution >= 4 is 5.69 Å². The van der Waals surface area contributed by atoms with Gasteiger partial charge in [0.25, 0.3) is 0 Å². The van der Waals surface area contributed by atoms with Gasteiger partial charge in [-0.3, -0.25) is 4.48 Å². The van der Waals surface area contributed by atoms with Crippen molar-refractivity contribution < 1.29 is 14.7 Å². The summed E-state index contributed by atoms with van der Waals surface area (Å²) in [7, 11) is 2.23. The van der Waals surface area contributed by atoms with Crippen molar-refractivity contribution in [3.8, 4) is 0 Å². The van der Waals surface area contributed by atoms with E-state index in [-0.39, 0.29) is 35.6 Å². The first-order valence-electron chi connectivity index (χ1n) is 12.1. The maximum atomic E-state index is 12.1. The smallest absolute Gasteiger partial charge is 0.194 e. The van der Waals surface area contributed by atoms with Gasteiger partial charge in [0.1, 0.15) is 12.6 Å². The molecule has 4 heteroatoms. The van der Waals surface area contributed by atoms with Crippen LogP contribution < -0.4 is 4.90 Å². The van der Waals surface area contributed by atoms with E-state index in [0.29, 0.717) is 18.0 Å². The fourth-order valence-corrected chi connectivity index (χ4v) is 9.60. The highest BCUT2D eigenvalue weighted by Crippen LogP contribution is 2.71. The fraction of sp³-hybridized carbons (Fsp3) is 0.556. The van der Waals surface area contributed by atoms with Gasteiger partial charge in [-0.2, -0.15) is 0 Å². The zero-order valence-electron chi connectivity index (χ0n) is 18.4. The summed E-state index contributed by atoms with van der Waals surface area (Å²) in [5.74, 6) is 1.01. The highest BCUT2D eigenvalue weighted by Gasteiger charge is 2.82. The maximum Gasteiger partial charge on any atom is 0.194 e. The average molecular weight is 418 g/mol. The third kappa shape index (κ3) is 1.88. The number of para-hydroxylation sites is 1. The first kappa shape index (κ1) is 18.7. The minimum atomic E-state index is -0.337. The Morgan fingerprint density at radius 2 is 1.77 bits per heavy atom. The Morgan fingerprint density at radius 1 is 1.03 bits per heavy atom. The second-order valence-corrected chi connectivity index (χ2v) is 11.0. The molecule has 162 valence electrons. The highest BCUT2D eigenvalue weighted by molar-refractivity contribution is 5.66. The van der Waals surface area contributed by atoms with Crippen LogP contribution in [0.15, 0.2) is 54.6 Å². The molecule has 5 aliphatic heterocycles. The standard InChI is InChI=1S/C27H33N2O2/c1-3-17-18-13-21-24-27(19-11-7-8-12-20(19)28(24)2)14-22(23(18)25(27)30)29(21,26(17)31)15-16-9-5-4-6-10-16/h4-12,17-18,21-26,30-31H,3,13-15H2,1-2H3/q+1/t17-,18-,21+,22+,23-,24+,25+,26+,27+,29-/m1/s1. The summed E-state index contributed by atoms with van der Waals surface area (Å²) < 4.78 is 0.769. The van der Waals surface area contributed by atoms with Gasteiger partial charge in [-0.05, 0) is 24.0 Å². The summed E-state index contributed by atoms with van der Waals surface area (Å²) in [5, 5.41) is 24.1. The van der Waals surface area contributed by atoms with Gasteiger partial charge < -0.3 is 15.1 Å². The van der Waals surface area contributed by atoms with Crippen molar-refractivity contribution in [1.29, 1.82) is 0 Å². The first-order chi connectivity index (χ1) is 15.1. The van der Waals surface area contributed by atoms with Crippen LogP contribution in [0.4, 0.5) is 5.69 Å². The number of aliphatic hydroxyl groups is 2. The van der Waals surface area contributed by atoms with E-state index in [1.165, 1.54) is 16.8 Å². The quantitative estimate of drug-likeness (QED) is 0.754. The Bertz CT molecular complexity index is 1040. The van der Waals surface area contributed by atoms with Crippen LogP contribution in [0.3, 0.4) is 0 Å². The number of fused-ring (bicyclic) bond motifs is 2. The normalized spacial score (nSPS) is 48.2. The minimum absolute atomic E-state index is 0.180. The zero-order valence-corrected chi connectivity index (χ0v) is 18.4. The molecule has 2 aromatic carbocycles. The molecule has 0 aromatic heterocycles. The van der Waals surface area contributed by atoms with Gasteiger partial charge in [0.05, 0.1) is 23.6 Å². The highest BCUT2D eigenvalue weighted by atomic mass is 16.3. The third-order valence-electron chi connectivity index (χ3n) is 10.4. The SMILES string of the molecule is CC[C@@H]1[C@H]2C[C@H]3[C@@H]4N(C)c5ccccc5[C@@]45C[C@@H]([C@@H]2[C@@H]5O)[N@+]3(Cc2ccccc2)[C@H]1O. The summed E-state index contributed by atoms with van der Waals surface area (Å²) in [6, 6.07) is 20.5. The zero-order chi connectivity index (χ0) is 21.1. The first-order valence-corrected chi connectivity index (χ1v) is 12.1. The molecule has 0 unspecified atom stereocenters. The van der Waals surface area contributed by atoms with Gasteiger partial charge in [-0.1, -0.05) is 55.5 Å². The lowest BCUT2D eigenvalue weighted by Crippen LogP contribution is -2.82. The molecule has 1 aliphatic carbocycles. The van der Waals surface area contributed by atoms with Gasteiger partial charge in [-0.25, -0.2) is 0 Å². The van der Waals surface area contributed by atoms with E-state index in [1.54, 1.807) is 0 Å². The van der Waals surface area contributed by atoms with Crippen LogP contribution in [0, 0.1) is 17.8 Å². The number of benzene rings is 2. The van der Waals surface area contributed by atoms with E-state index in [0.717, 1.165) is 30.3 Å². The molecule has 0 amide bonds. The average Bonchev–Trinajstić information content (AvgIpc) is 3.18. The van der Waals surface area contributed by atoms with Gasteiger partial charge >= 0.3 is 0 Å². The Labute approximate surface area is 184 Å². The molecule has 2 aromatic rings. The van der Waals surface area contributed by atoms with Crippen molar-refractivity contribution in [3.63, 3.8) is 0 Å². The molecule has 1 saturated carbocycles. The summed E-state index contributed by atoms with van der Waals surface area (Å²) in [6.07, 6.45) is 2.47. The van der Waals surface area contributed by atoms with Gasteiger partial charge in [-0.15, -0.1) is 0 Å². The van der Waals surface area contributed by atoms with Crippen LogP contribution >= 0.6 is 0 Å². The molecule has 0 radical (unpaired) electrons. The van der Waals surface area contributed by atoms with Crippen LogP contribution in [0.5, 0.6) is 0 Å². The molecular formula is C27H33N2O2+. The number of nitrogens with zero attached hydrogens (tertiary/aromatic N) is 2. The topological polar surface area (TPSA) is 43.7 Å². The van der Waals surface area contributed by atoms with E-state index in [2.05, 4.69) is 73.5 Å². The van der Waals surface area contributed by atoms with Crippen molar-refractivity contribution in [3.05, 3.63) is 65.7 Å². The van der Waals surface area contributed by atoms with E-state index in [9.17, 15) is 10.2 Å². The van der Waals surface area contributed by atoms with Gasteiger partial charge in [0, 0.05) is 43.0 Å². The molecule has 31 heavy (non-hydrogen) atoms. The minimum Gasteiger partial charge on any atom is -0.392 e. The molecule has 5 bridgehead atoms. The van der Waals surface area contributed by atoms with Crippen LogP contribution in [0.2, 0.25) is 0 Å². The number of quaternary nitrogens is 1. The van der Waals surface area contributed by atoms with Crippen LogP contribution in [-0.2, 0) is 12.0 Å². The molecule has 5 fully saturated rings. The van der Waals surface area contributed by atoms with E-state index < -0.39 is 0 Å². The lowest BCUT2D eigenvalue weighted by molar-refractivity contribution is -1.05. The second kappa shape index (κ2) is 5.92. The summed E-state index contributed by atoms with van der Waals surface area (Å²) in [6.45, 7) is 3.11. The molecule has 1 spiro atoms. The predicted octanol–water partition coefficient (Wildman–Crippen LogP) is 3.27. The predicted molar refractivity (Wildman–Crippen MR) is 120 cm³/mol. The number of likely N-dealkylation sites (N-methyl/N-ethyl adjacent to an activating group) is 1. The van der Waals surface area contributed by atoms with E-state index >= 15 is 0 Å². The molecule has 5 heterocycles. The van der Waals surface area contributed by atoms with E-state index in [4.69, 9.17) is 0 Å². The molecule has 4 nitrogen and oxygen atoms in total. The lowest BCUT2D eigenvalue weighted by Gasteiger charge is -2.68. The Hall–Kier alpha value is -1.88. The van der Waals surface area contributed by atoms with Crippen molar-refractivity contribution in [2.24, 2.45) is 17.8 Å². The molecular weight excluding hydrogens is 384 g/mol. The molecule has 8 rings (SSSR count). The van der Waals surface area contributed by atoms with Crippen molar-refractivity contribution in [1.82, 2.24) is 0 Å². The number of hydrogen-bond acceptors (Lipinski definition) is 3. The van der Waals surface area contributed by atoms with E-state index in [1.807, 2.05) is 0 Å². The van der Waals surface area contributed by atoms with Crippen molar-refractivity contribution in [2.75, 3.05) is 11.9 Å². The lowest BCUT2D eigenvalue weighted by atomic mass is 9.60.